The Kier molecular flexibility index (Phi) is 5.34. The first kappa shape index (κ1) is 18.4. The molecule has 0 aliphatic rings. The van der Waals surface area contributed by atoms with Crippen molar-refractivity contribution in [3.05, 3.63) is 103 Å². The van der Waals surface area contributed by atoms with Gasteiger partial charge in [0.1, 0.15) is 0 Å². The molecule has 0 unspecified atom stereocenters. The monoisotopic (exact) mass is 380 g/mol. The summed E-state index contributed by atoms with van der Waals surface area (Å²) in [6, 6.07) is 31.6. The van der Waals surface area contributed by atoms with Gasteiger partial charge in [0.25, 0.3) is 0 Å². The minimum absolute atomic E-state index is 0.621. The largest absolute Gasteiger partial charge is 0.437 e. The van der Waals surface area contributed by atoms with Gasteiger partial charge in [-0.25, -0.2) is 4.79 Å². The minimum atomic E-state index is -0.625. The van der Waals surface area contributed by atoms with Gasteiger partial charge >= 0.3 is 6.09 Å². The third kappa shape index (κ3) is 4.33. The van der Waals surface area contributed by atoms with Crippen molar-refractivity contribution in [3.63, 3.8) is 0 Å². The van der Waals surface area contributed by atoms with Crippen molar-refractivity contribution in [1.82, 2.24) is 0 Å². The van der Waals surface area contributed by atoms with Crippen LogP contribution in [-0.2, 0) is 4.84 Å². The van der Waals surface area contributed by atoms with E-state index in [1.807, 2.05) is 91.9 Å². The van der Waals surface area contributed by atoms with E-state index in [4.69, 9.17) is 4.84 Å². The Labute approximate surface area is 169 Å². The Morgan fingerprint density at radius 2 is 1.48 bits per heavy atom. The Morgan fingerprint density at radius 3 is 2.34 bits per heavy atom. The quantitative estimate of drug-likeness (QED) is 0.250. The van der Waals surface area contributed by atoms with E-state index in [9.17, 15) is 4.79 Å². The summed E-state index contributed by atoms with van der Waals surface area (Å²) < 4.78 is 0. The van der Waals surface area contributed by atoms with Gasteiger partial charge in [-0.3, -0.25) is 10.2 Å². The molecule has 4 aromatic rings. The van der Waals surface area contributed by atoms with Gasteiger partial charge in [0.15, 0.2) is 0 Å². The van der Waals surface area contributed by atoms with Crippen molar-refractivity contribution in [2.45, 2.75) is 6.92 Å². The molecule has 0 atom stereocenters. The molecule has 4 heteroatoms. The van der Waals surface area contributed by atoms with Gasteiger partial charge in [0.05, 0.1) is 11.4 Å². The smallest absolute Gasteiger partial charge is 0.298 e. The van der Waals surface area contributed by atoms with Crippen molar-refractivity contribution < 1.29 is 9.63 Å². The van der Waals surface area contributed by atoms with Gasteiger partial charge in [-0.05, 0) is 41.1 Å². The van der Waals surface area contributed by atoms with Crippen LogP contribution in [0, 0.1) is 0 Å². The molecule has 0 bridgehead atoms. The number of carbonyl (C=O) groups excluding carboxylic acids is 1. The molecule has 0 radical (unpaired) electrons. The lowest BCUT2D eigenvalue weighted by atomic mass is 10.0. The third-order valence-corrected chi connectivity index (χ3v) is 4.68. The molecule has 29 heavy (non-hydrogen) atoms. The van der Waals surface area contributed by atoms with Gasteiger partial charge < -0.3 is 0 Å². The van der Waals surface area contributed by atoms with Gasteiger partial charge in [-0.15, -0.1) is 0 Å². The number of benzene rings is 4. The highest BCUT2D eigenvalue weighted by molar-refractivity contribution is 6.01. The van der Waals surface area contributed by atoms with Crippen LogP contribution >= 0.6 is 0 Å². The third-order valence-electron chi connectivity index (χ3n) is 4.68. The lowest BCUT2D eigenvalue weighted by Crippen LogP contribution is -2.12. The predicted molar refractivity (Wildman–Crippen MR) is 118 cm³/mol. The Bertz CT molecular complexity index is 1180. The standard InChI is InChI=1S/C25H20N2O2/c1-18(21-13-7-14-22(17-21)19-9-3-2-4-10-19)27-29-25(28)26-24-16-8-12-20-11-5-6-15-23(20)24/h2-17H,1H3,(H,26,28). The highest BCUT2D eigenvalue weighted by Crippen LogP contribution is 2.23. The van der Waals surface area contributed by atoms with Crippen LogP contribution in [0.3, 0.4) is 0 Å². The lowest BCUT2D eigenvalue weighted by Gasteiger charge is -2.08. The number of hydrogen-bond donors (Lipinski definition) is 1. The Hall–Kier alpha value is -3.92. The zero-order valence-electron chi connectivity index (χ0n) is 16.0. The zero-order valence-corrected chi connectivity index (χ0v) is 16.0. The van der Waals surface area contributed by atoms with Crippen LogP contribution in [0.2, 0.25) is 0 Å². The first-order valence-corrected chi connectivity index (χ1v) is 9.37. The number of nitrogens with zero attached hydrogens (tertiary/aromatic N) is 1. The number of amides is 1. The molecule has 1 amide bonds. The maximum atomic E-state index is 12.2. The number of anilines is 1. The molecule has 4 nitrogen and oxygen atoms in total. The number of nitrogens with one attached hydrogen (secondary N) is 1. The molecule has 1 N–H and O–H groups in total. The van der Waals surface area contributed by atoms with E-state index >= 15 is 0 Å². The van der Waals surface area contributed by atoms with Gasteiger partial charge in [0, 0.05) is 5.39 Å². The van der Waals surface area contributed by atoms with E-state index in [-0.39, 0.29) is 0 Å². The van der Waals surface area contributed by atoms with Crippen molar-refractivity contribution in [3.8, 4) is 11.1 Å². The zero-order chi connectivity index (χ0) is 20.1. The van der Waals surface area contributed by atoms with Crippen LogP contribution in [0.4, 0.5) is 10.5 Å². The minimum Gasteiger partial charge on any atom is -0.298 e. The fraction of sp³-hybridized carbons (Fsp3) is 0.0400. The number of fused-ring (bicyclic) bond motifs is 1. The molecular formula is C25H20N2O2. The summed E-state index contributed by atoms with van der Waals surface area (Å²) in [5, 5.41) is 8.76. The molecule has 4 aromatic carbocycles. The van der Waals surface area contributed by atoms with Crippen LogP contribution < -0.4 is 5.32 Å². The second kappa shape index (κ2) is 8.40. The van der Waals surface area contributed by atoms with Crippen molar-refractivity contribution in [1.29, 1.82) is 0 Å². The molecule has 0 fully saturated rings. The number of oxime groups is 1. The highest BCUT2D eigenvalue weighted by Gasteiger charge is 2.08. The summed E-state index contributed by atoms with van der Waals surface area (Å²) >= 11 is 0. The van der Waals surface area contributed by atoms with Crippen LogP contribution in [-0.4, -0.2) is 11.8 Å². The maximum Gasteiger partial charge on any atom is 0.437 e. The SMILES string of the molecule is CC(=NOC(=O)Nc1cccc2ccccc12)c1cccc(-c2ccccc2)c1. The van der Waals surface area contributed by atoms with E-state index < -0.39 is 6.09 Å². The van der Waals surface area contributed by atoms with Gasteiger partial charge in [-0.1, -0.05) is 90.1 Å². The summed E-state index contributed by atoms with van der Waals surface area (Å²) in [5.74, 6) is 0. The van der Waals surface area contributed by atoms with E-state index in [0.717, 1.165) is 27.5 Å². The van der Waals surface area contributed by atoms with E-state index in [2.05, 4.69) is 22.6 Å². The topological polar surface area (TPSA) is 50.7 Å². The average Bonchev–Trinajstić information content (AvgIpc) is 2.78. The highest BCUT2D eigenvalue weighted by atomic mass is 16.7. The van der Waals surface area contributed by atoms with Crippen molar-refractivity contribution in [2.24, 2.45) is 5.16 Å². The molecule has 4 rings (SSSR count). The van der Waals surface area contributed by atoms with Crippen LogP contribution in [0.25, 0.3) is 21.9 Å². The lowest BCUT2D eigenvalue weighted by molar-refractivity contribution is 0.166. The normalized spacial score (nSPS) is 11.3. The molecule has 0 aromatic heterocycles. The molecule has 0 heterocycles. The summed E-state index contributed by atoms with van der Waals surface area (Å²) in [6.07, 6.45) is -0.625. The first-order chi connectivity index (χ1) is 14.2. The average molecular weight is 380 g/mol. The number of hydrogen-bond acceptors (Lipinski definition) is 3. The molecule has 0 spiro atoms. The summed E-state index contributed by atoms with van der Waals surface area (Å²) in [4.78, 5) is 17.3. The second-order valence-electron chi connectivity index (χ2n) is 6.65. The van der Waals surface area contributed by atoms with Crippen LogP contribution in [0.5, 0.6) is 0 Å². The van der Waals surface area contributed by atoms with Crippen molar-refractivity contribution in [2.75, 3.05) is 5.32 Å². The molecule has 0 aliphatic heterocycles. The Balaban J connectivity index is 1.48. The summed E-state index contributed by atoms with van der Waals surface area (Å²) in [7, 11) is 0. The Morgan fingerprint density at radius 1 is 0.793 bits per heavy atom. The fourth-order valence-electron chi connectivity index (χ4n) is 3.18. The molecular weight excluding hydrogens is 360 g/mol. The molecule has 0 saturated carbocycles. The number of carbonyl (C=O) groups is 1. The van der Waals surface area contributed by atoms with Crippen LogP contribution in [0.15, 0.2) is 102 Å². The summed E-state index contributed by atoms with van der Waals surface area (Å²) in [5.41, 5.74) is 4.40. The van der Waals surface area contributed by atoms with E-state index in [1.165, 1.54) is 0 Å². The molecule has 142 valence electrons. The van der Waals surface area contributed by atoms with Gasteiger partial charge in [-0.2, -0.15) is 0 Å². The van der Waals surface area contributed by atoms with Crippen molar-refractivity contribution >= 4 is 28.3 Å². The first-order valence-electron chi connectivity index (χ1n) is 9.37. The van der Waals surface area contributed by atoms with Crippen LogP contribution in [0.1, 0.15) is 12.5 Å². The molecule has 0 aliphatic carbocycles. The maximum absolute atomic E-state index is 12.2. The second-order valence-corrected chi connectivity index (χ2v) is 6.65. The molecule has 0 saturated heterocycles. The summed E-state index contributed by atoms with van der Waals surface area (Å²) in [6.45, 7) is 1.81. The van der Waals surface area contributed by atoms with E-state index in [0.29, 0.717) is 11.4 Å². The predicted octanol–water partition coefficient (Wildman–Crippen LogP) is 6.48. The van der Waals surface area contributed by atoms with Gasteiger partial charge in [0.2, 0.25) is 0 Å². The van der Waals surface area contributed by atoms with E-state index in [1.54, 1.807) is 0 Å². The number of rotatable bonds is 4. The fourth-order valence-corrected chi connectivity index (χ4v) is 3.18.